The summed E-state index contributed by atoms with van der Waals surface area (Å²) in [7, 11) is 0. The Morgan fingerprint density at radius 1 is 1.08 bits per heavy atom. The molecule has 2 aromatic rings. The molecule has 24 heavy (non-hydrogen) atoms. The van der Waals surface area contributed by atoms with Crippen LogP contribution in [0.3, 0.4) is 0 Å². The number of para-hydroxylation sites is 1. The van der Waals surface area contributed by atoms with Gasteiger partial charge in [-0.1, -0.05) is 42.5 Å². The van der Waals surface area contributed by atoms with Gasteiger partial charge in [0, 0.05) is 25.3 Å². The monoisotopic (exact) mass is 326 g/mol. The predicted molar refractivity (Wildman–Crippen MR) is 93.2 cm³/mol. The SMILES string of the molecule is O=C(O)N(CC(O)CN1CCc2ccccc2C1)c1ccccc1. The van der Waals surface area contributed by atoms with Gasteiger partial charge in [0.05, 0.1) is 12.6 Å². The number of fused-ring (bicyclic) bond motifs is 1. The largest absolute Gasteiger partial charge is 0.465 e. The van der Waals surface area contributed by atoms with Crippen LogP contribution in [0.25, 0.3) is 0 Å². The highest BCUT2D eigenvalue weighted by molar-refractivity contribution is 5.85. The Hall–Kier alpha value is -2.37. The van der Waals surface area contributed by atoms with Crippen molar-refractivity contribution in [1.82, 2.24) is 4.90 Å². The lowest BCUT2D eigenvalue weighted by Crippen LogP contribution is -2.43. The maximum absolute atomic E-state index is 11.5. The zero-order valence-corrected chi connectivity index (χ0v) is 13.5. The van der Waals surface area contributed by atoms with E-state index in [0.717, 1.165) is 19.5 Å². The first kappa shape index (κ1) is 16.5. The highest BCUT2D eigenvalue weighted by Gasteiger charge is 2.22. The Bertz CT molecular complexity index is 690. The van der Waals surface area contributed by atoms with Gasteiger partial charge in [-0.2, -0.15) is 0 Å². The molecule has 5 nitrogen and oxygen atoms in total. The van der Waals surface area contributed by atoms with Crippen LogP contribution in [0.4, 0.5) is 10.5 Å². The van der Waals surface area contributed by atoms with Crippen molar-refractivity contribution in [2.75, 3.05) is 24.5 Å². The molecule has 0 bridgehead atoms. The van der Waals surface area contributed by atoms with Gasteiger partial charge in [-0.15, -0.1) is 0 Å². The molecule has 1 unspecified atom stereocenters. The fourth-order valence-corrected chi connectivity index (χ4v) is 3.18. The summed E-state index contributed by atoms with van der Waals surface area (Å²) in [6.45, 7) is 2.21. The molecule has 2 aromatic carbocycles. The average Bonchev–Trinajstić information content (AvgIpc) is 2.60. The first-order chi connectivity index (χ1) is 11.6. The molecule has 1 amide bonds. The van der Waals surface area contributed by atoms with E-state index < -0.39 is 12.2 Å². The van der Waals surface area contributed by atoms with Crippen LogP contribution in [0.2, 0.25) is 0 Å². The van der Waals surface area contributed by atoms with Gasteiger partial charge in [0.1, 0.15) is 0 Å². The third-order valence-electron chi connectivity index (χ3n) is 4.37. The van der Waals surface area contributed by atoms with E-state index in [1.54, 1.807) is 24.3 Å². The van der Waals surface area contributed by atoms with E-state index in [1.807, 2.05) is 18.2 Å². The summed E-state index contributed by atoms with van der Waals surface area (Å²) in [4.78, 5) is 14.9. The summed E-state index contributed by atoms with van der Waals surface area (Å²) >= 11 is 0. The number of benzene rings is 2. The van der Waals surface area contributed by atoms with Crippen LogP contribution in [-0.4, -0.2) is 46.9 Å². The minimum Gasteiger partial charge on any atom is -0.465 e. The zero-order valence-electron chi connectivity index (χ0n) is 13.5. The van der Waals surface area contributed by atoms with Gasteiger partial charge >= 0.3 is 6.09 Å². The van der Waals surface area contributed by atoms with Gasteiger partial charge < -0.3 is 10.2 Å². The van der Waals surface area contributed by atoms with Crippen LogP contribution in [0.5, 0.6) is 0 Å². The lowest BCUT2D eigenvalue weighted by atomic mass is 10.00. The summed E-state index contributed by atoms with van der Waals surface area (Å²) in [5.74, 6) is 0. The number of amides is 1. The van der Waals surface area contributed by atoms with Crippen LogP contribution in [0, 0.1) is 0 Å². The maximum atomic E-state index is 11.5. The summed E-state index contributed by atoms with van der Waals surface area (Å²) in [6.07, 6.45) is -0.819. The zero-order chi connectivity index (χ0) is 16.9. The van der Waals surface area contributed by atoms with Crippen LogP contribution in [0.1, 0.15) is 11.1 Å². The molecule has 0 fully saturated rings. The third-order valence-corrected chi connectivity index (χ3v) is 4.37. The minimum absolute atomic E-state index is 0.0670. The Morgan fingerprint density at radius 2 is 1.75 bits per heavy atom. The van der Waals surface area contributed by atoms with E-state index in [1.165, 1.54) is 16.0 Å². The molecule has 0 spiro atoms. The van der Waals surface area contributed by atoms with E-state index in [-0.39, 0.29) is 6.54 Å². The molecule has 1 atom stereocenters. The maximum Gasteiger partial charge on any atom is 0.411 e. The molecule has 0 saturated carbocycles. The van der Waals surface area contributed by atoms with Crippen molar-refractivity contribution in [2.24, 2.45) is 0 Å². The molecule has 1 aliphatic rings. The van der Waals surface area contributed by atoms with Crippen molar-refractivity contribution in [3.63, 3.8) is 0 Å². The third kappa shape index (κ3) is 3.93. The number of carbonyl (C=O) groups is 1. The van der Waals surface area contributed by atoms with Crippen LogP contribution in [-0.2, 0) is 13.0 Å². The average molecular weight is 326 g/mol. The fourth-order valence-electron chi connectivity index (χ4n) is 3.18. The lowest BCUT2D eigenvalue weighted by molar-refractivity contribution is 0.108. The van der Waals surface area contributed by atoms with E-state index in [9.17, 15) is 15.0 Å². The van der Waals surface area contributed by atoms with Crippen LogP contribution >= 0.6 is 0 Å². The molecular weight excluding hydrogens is 304 g/mol. The molecule has 126 valence electrons. The molecule has 0 saturated heterocycles. The Balaban J connectivity index is 1.61. The molecule has 3 rings (SSSR count). The van der Waals surface area contributed by atoms with Crippen LogP contribution in [0.15, 0.2) is 54.6 Å². The fraction of sp³-hybridized carbons (Fsp3) is 0.316. The van der Waals surface area contributed by atoms with Crippen molar-refractivity contribution in [3.8, 4) is 0 Å². The first-order valence-electron chi connectivity index (χ1n) is 8.16. The molecule has 1 heterocycles. The normalized spacial score (nSPS) is 15.5. The lowest BCUT2D eigenvalue weighted by Gasteiger charge is -2.31. The second-order valence-corrected chi connectivity index (χ2v) is 6.14. The topological polar surface area (TPSA) is 64.0 Å². The number of hydrogen-bond acceptors (Lipinski definition) is 3. The van der Waals surface area contributed by atoms with E-state index in [4.69, 9.17) is 0 Å². The molecule has 5 heteroatoms. The number of nitrogens with zero attached hydrogens (tertiary/aromatic N) is 2. The predicted octanol–water partition coefficient (Wildman–Crippen LogP) is 2.59. The Labute approximate surface area is 141 Å². The number of aliphatic hydroxyl groups is 1. The summed E-state index contributed by atoms with van der Waals surface area (Å²) in [5.41, 5.74) is 3.22. The van der Waals surface area contributed by atoms with Crippen molar-refractivity contribution in [1.29, 1.82) is 0 Å². The molecule has 0 aliphatic carbocycles. The molecule has 1 aliphatic heterocycles. The van der Waals surface area contributed by atoms with Gasteiger partial charge in [-0.3, -0.25) is 9.80 Å². The minimum atomic E-state index is -1.05. The van der Waals surface area contributed by atoms with E-state index in [2.05, 4.69) is 17.0 Å². The highest BCUT2D eigenvalue weighted by Crippen LogP contribution is 2.19. The summed E-state index contributed by atoms with van der Waals surface area (Å²) in [5, 5.41) is 19.8. The molecule has 0 aromatic heterocycles. The van der Waals surface area contributed by atoms with Crippen molar-refractivity contribution in [3.05, 3.63) is 65.7 Å². The van der Waals surface area contributed by atoms with Gasteiger partial charge in [0.25, 0.3) is 0 Å². The number of hydrogen-bond donors (Lipinski definition) is 2. The van der Waals surface area contributed by atoms with E-state index in [0.29, 0.717) is 12.2 Å². The van der Waals surface area contributed by atoms with E-state index >= 15 is 0 Å². The number of carboxylic acid groups (broad SMARTS) is 1. The first-order valence-corrected chi connectivity index (χ1v) is 8.16. The Kier molecular flexibility index (Phi) is 5.13. The second-order valence-electron chi connectivity index (χ2n) is 6.14. The van der Waals surface area contributed by atoms with Gasteiger partial charge in [0.2, 0.25) is 0 Å². The summed E-state index contributed by atoms with van der Waals surface area (Å²) < 4.78 is 0. The van der Waals surface area contributed by atoms with Crippen molar-refractivity contribution in [2.45, 2.75) is 19.1 Å². The van der Waals surface area contributed by atoms with Gasteiger partial charge in [-0.25, -0.2) is 4.79 Å². The van der Waals surface area contributed by atoms with Crippen molar-refractivity contribution >= 4 is 11.8 Å². The quantitative estimate of drug-likeness (QED) is 0.886. The van der Waals surface area contributed by atoms with Crippen LogP contribution < -0.4 is 4.90 Å². The number of β-amino-alcohol motifs (C(OH)–C–C–N with tert-alkyl or cyclic N) is 1. The molecular formula is C19H22N2O3. The number of anilines is 1. The summed E-state index contributed by atoms with van der Waals surface area (Å²) in [6, 6.07) is 17.2. The number of rotatable bonds is 5. The second kappa shape index (κ2) is 7.47. The number of aliphatic hydroxyl groups excluding tert-OH is 1. The highest BCUT2D eigenvalue weighted by atomic mass is 16.4. The van der Waals surface area contributed by atoms with Gasteiger partial charge in [-0.05, 0) is 29.7 Å². The van der Waals surface area contributed by atoms with Crippen molar-refractivity contribution < 1.29 is 15.0 Å². The Morgan fingerprint density at radius 3 is 2.46 bits per heavy atom. The standard InChI is InChI=1S/C19H22N2O3/c22-18(14-21(19(23)24)17-8-2-1-3-9-17)13-20-11-10-15-6-4-5-7-16(15)12-20/h1-9,18,22H,10-14H2,(H,23,24). The molecule has 0 radical (unpaired) electrons. The smallest absolute Gasteiger partial charge is 0.411 e. The molecule has 2 N–H and O–H groups in total. The van der Waals surface area contributed by atoms with Gasteiger partial charge in [0.15, 0.2) is 0 Å².